The molecule has 2 amide bonds. The number of hydrogen-bond donors (Lipinski definition) is 1. The monoisotopic (exact) mass is 466 g/mol. The van der Waals surface area contributed by atoms with Gasteiger partial charge >= 0.3 is 0 Å². The number of carbonyl (C=O) groups is 2. The maximum atomic E-state index is 11.7. The van der Waals surface area contributed by atoms with E-state index in [-0.39, 0.29) is 16.4 Å². The molecule has 4 rings (SSSR count). The number of amides is 2. The van der Waals surface area contributed by atoms with Gasteiger partial charge in [0.2, 0.25) is 11.8 Å². The highest BCUT2D eigenvalue weighted by Gasteiger charge is 2.30. The zero-order valence-corrected chi connectivity index (χ0v) is 19.4. The Balaban J connectivity index is 1.30. The lowest BCUT2D eigenvalue weighted by molar-refractivity contribution is -0.119. The number of carbonyl (C=O) groups excluding carboxylic acids is 2. The number of hydrogen-bond acceptors (Lipinski definition) is 7. The van der Waals surface area contributed by atoms with Crippen molar-refractivity contribution >= 4 is 22.9 Å². The minimum Gasteiger partial charge on any atom is -0.493 e. The molecule has 1 unspecified atom stereocenters. The summed E-state index contributed by atoms with van der Waals surface area (Å²) in [6.45, 7) is 2.35. The van der Waals surface area contributed by atoms with Gasteiger partial charge in [0.15, 0.2) is 11.5 Å². The van der Waals surface area contributed by atoms with E-state index in [2.05, 4.69) is 10.3 Å². The van der Waals surface area contributed by atoms with Crippen molar-refractivity contribution in [3.05, 3.63) is 65.5 Å². The lowest BCUT2D eigenvalue weighted by Gasteiger charge is -2.12. The van der Waals surface area contributed by atoms with Crippen molar-refractivity contribution in [2.45, 2.75) is 37.9 Å². The predicted molar refractivity (Wildman–Crippen MR) is 127 cm³/mol. The Morgan fingerprint density at radius 3 is 2.64 bits per heavy atom. The molecule has 0 radical (unpaired) electrons. The second-order valence-corrected chi connectivity index (χ2v) is 8.92. The molecule has 0 aliphatic carbocycles. The molecule has 0 spiro atoms. The number of nitrogens with one attached hydrogen (secondary N) is 1. The van der Waals surface area contributed by atoms with Gasteiger partial charge in [0.05, 0.1) is 24.7 Å². The van der Waals surface area contributed by atoms with Crippen LogP contribution >= 0.6 is 11.8 Å². The second kappa shape index (κ2) is 10.6. The Labute approximate surface area is 196 Å². The van der Waals surface area contributed by atoms with Gasteiger partial charge < -0.3 is 13.9 Å². The highest BCUT2D eigenvalue weighted by atomic mass is 32.2. The number of thioether (sulfide) groups is 1. The van der Waals surface area contributed by atoms with Gasteiger partial charge in [-0.2, -0.15) is 0 Å². The highest BCUT2D eigenvalue weighted by Crippen LogP contribution is 2.30. The Kier molecular flexibility index (Phi) is 7.34. The van der Waals surface area contributed by atoms with Gasteiger partial charge in [0, 0.05) is 12.0 Å². The third-order valence-corrected chi connectivity index (χ3v) is 6.49. The number of rotatable bonds is 10. The van der Waals surface area contributed by atoms with Crippen molar-refractivity contribution in [2.75, 3.05) is 13.7 Å². The molecule has 1 aliphatic heterocycles. The Hall–Kier alpha value is -3.26. The van der Waals surface area contributed by atoms with Gasteiger partial charge in [-0.1, -0.05) is 36.0 Å². The van der Waals surface area contributed by atoms with E-state index in [1.165, 1.54) is 0 Å². The first-order valence-corrected chi connectivity index (χ1v) is 11.7. The maximum Gasteiger partial charge on any atom is 0.286 e. The minimum absolute atomic E-state index is 0.190. The van der Waals surface area contributed by atoms with E-state index in [1.807, 2.05) is 55.5 Å². The summed E-state index contributed by atoms with van der Waals surface area (Å²) in [4.78, 5) is 27.6. The summed E-state index contributed by atoms with van der Waals surface area (Å²) in [6.07, 6.45) is 2.87. The van der Waals surface area contributed by atoms with E-state index in [0.29, 0.717) is 36.8 Å². The van der Waals surface area contributed by atoms with E-state index in [9.17, 15) is 9.59 Å². The molecule has 2 heterocycles. The minimum atomic E-state index is -0.288. The summed E-state index contributed by atoms with van der Waals surface area (Å²) in [7, 11) is 1.62. The number of oxazole rings is 1. The Morgan fingerprint density at radius 1 is 1.09 bits per heavy atom. The Morgan fingerprint density at radius 2 is 1.91 bits per heavy atom. The van der Waals surface area contributed by atoms with Crippen LogP contribution in [0.2, 0.25) is 0 Å². The molecule has 0 saturated carbocycles. The van der Waals surface area contributed by atoms with E-state index < -0.39 is 0 Å². The van der Waals surface area contributed by atoms with E-state index in [1.54, 1.807) is 7.11 Å². The second-order valence-electron chi connectivity index (χ2n) is 7.75. The van der Waals surface area contributed by atoms with Crippen LogP contribution < -0.4 is 14.8 Å². The maximum absolute atomic E-state index is 11.7. The zero-order chi connectivity index (χ0) is 23.2. The number of nitrogens with zero attached hydrogens (tertiary/aromatic N) is 1. The molecule has 33 heavy (non-hydrogen) atoms. The SMILES string of the molecule is COc1cc(CCCC2SC(=O)NC2=O)ccc1OCCc1nc(-c2ccccc2)oc1C. The number of ether oxygens (including phenoxy) is 2. The Bertz CT molecular complexity index is 1130. The van der Waals surface area contributed by atoms with E-state index in [0.717, 1.165) is 47.2 Å². The zero-order valence-electron chi connectivity index (χ0n) is 18.6. The summed E-state index contributed by atoms with van der Waals surface area (Å²) in [5.74, 6) is 2.54. The summed E-state index contributed by atoms with van der Waals surface area (Å²) in [5, 5.41) is 1.78. The molecule has 1 fully saturated rings. The largest absolute Gasteiger partial charge is 0.493 e. The molecule has 1 aliphatic rings. The van der Waals surface area contributed by atoms with Gasteiger partial charge in [0.25, 0.3) is 5.24 Å². The normalized spacial score (nSPS) is 15.5. The molecule has 1 atom stereocenters. The number of benzene rings is 2. The molecule has 1 saturated heterocycles. The topological polar surface area (TPSA) is 90.7 Å². The molecule has 2 aromatic carbocycles. The highest BCUT2D eigenvalue weighted by molar-refractivity contribution is 8.15. The summed E-state index contributed by atoms with van der Waals surface area (Å²) in [5.41, 5.74) is 2.91. The lowest BCUT2D eigenvalue weighted by atomic mass is 10.1. The average Bonchev–Trinajstić information content (AvgIpc) is 3.35. The van der Waals surface area contributed by atoms with Gasteiger partial charge in [0.1, 0.15) is 5.76 Å². The summed E-state index contributed by atoms with van der Waals surface area (Å²) < 4.78 is 17.3. The summed E-state index contributed by atoms with van der Waals surface area (Å²) >= 11 is 1.07. The quantitative estimate of drug-likeness (QED) is 0.452. The fraction of sp³-hybridized carbons (Fsp3) is 0.320. The molecule has 7 nitrogen and oxygen atoms in total. The number of aryl methyl sites for hydroxylation is 2. The molecular formula is C25H26N2O5S. The standard InChI is InChI=1S/C25H26N2O5S/c1-16-19(26-24(32-16)18-8-4-3-5-9-18)13-14-31-20-12-11-17(15-21(20)30-2)7-6-10-22-23(28)27-25(29)33-22/h3-5,8-9,11-12,15,22H,6-7,10,13-14H2,1-2H3,(H,27,28,29). The molecule has 8 heteroatoms. The van der Waals surface area contributed by atoms with Gasteiger partial charge in [-0.3, -0.25) is 14.9 Å². The first-order chi connectivity index (χ1) is 16.0. The fourth-order valence-electron chi connectivity index (χ4n) is 3.68. The fourth-order valence-corrected chi connectivity index (χ4v) is 4.55. The van der Waals surface area contributed by atoms with Gasteiger partial charge in [-0.05, 0) is 56.0 Å². The smallest absolute Gasteiger partial charge is 0.286 e. The average molecular weight is 467 g/mol. The van der Waals surface area contributed by atoms with Crippen LogP contribution in [0.5, 0.6) is 11.5 Å². The van der Waals surface area contributed by atoms with Crippen LogP contribution in [0, 0.1) is 6.92 Å². The molecule has 0 bridgehead atoms. The molecule has 1 N–H and O–H groups in total. The summed E-state index contributed by atoms with van der Waals surface area (Å²) in [6, 6.07) is 15.7. The first kappa shape index (κ1) is 22.9. The lowest BCUT2D eigenvalue weighted by Crippen LogP contribution is -2.24. The van der Waals surface area contributed by atoms with Crippen molar-refractivity contribution in [2.24, 2.45) is 0 Å². The predicted octanol–water partition coefficient (Wildman–Crippen LogP) is 4.95. The number of aromatic nitrogens is 1. The molecule has 3 aromatic rings. The van der Waals surface area contributed by atoms with Crippen LogP contribution in [0.1, 0.15) is 29.9 Å². The van der Waals surface area contributed by atoms with Crippen LogP contribution in [0.25, 0.3) is 11.5 Å². The third-order valence-electron chi connectivity index (χ3n) is 5.44. The third kappa shape index (κ3) is 5.76. The van der Waals surface area contributed by atoms with Crippen LogP contribution in [-0.4, -0.2) is 35.1 Å². The number of methoxy groups -OCH3 is 1. The van der Waals surface area contributed by atoms with Crippen molar-refractivity contribution in [3.63, 3.8) is 0 Å². The molecule has 1 aromatic heterocycles. The first-order valence-electron chi connectivity index (χ1n) is 10.9. The molecule has 172 valence electrons. The van der Waals surface area contributed by atoms with Crippen molar-refractivity contribution in [1.82, 2.24) is 10.3 Å². The van der Waals surface area contributed by atoms with Gasteiger partial charge in [-0.15, -0.1) is 0 Å². The van der Waals surface area contributed by atoms with Crippen molar-refractivity contribution in [3.8, 4) is 23.0 Å². The van der Waals surface area contributed by atoms with E-state index >= 15 is 0 Å². The van der Waals surface area contributed by atoms with Crippen molar-refractivity contribution < 1.29 is 23.5 Å². The van der Waals surface area contributed by atoms with E-state index in [4.69, 9.17) is 13.9 Å². The van der Waals surface area contributed by atoms with Crippen molar-refractivity contribution in [1.29, 1.82) is 0 Å². The van der Waals surface area contributed by atoms with Crippen LogP contribution in [0.4, 0.5) is 4.79 Å². The van der Waals surface area contributed by atoms with Crippen LogP contribution in [0.15, 0.2) is 52.9 Å². The van der Waals surface area contributed by atoms with Crippen LogP contribution in [-0.2, 0) is 17.6 Å². The molecular weight excluding hydrogens is 440 g/mol. The number of imide groups is 1. The van der Waals surface area contributed by atoms with Gasteiger partial charge in [-0.25, -0.2) is 4.98 Å². The van der Waals surface area contributed by atoms with Crippen LogP contribution in [0.3, 0.4) is 0 Å².